The Kier molecular flexibility index (Phi) is 4.48. The molecule has 0 aliphatic carbocycles. The van der Waals surface area contributed by atoms with E-state index in [0.29, 0.717) is 11.7 Å². The zero-order chi connectivity index (χ0) is 12.1. The van der Waals surface area contributed by atoms with Gasteiger partial charge in [-0.3, -0.25) is 9.89 Å². The lowest BCUT2D eigenvalue weighted by atomic mass is 10.2. The van der Waals surface area contributed by atoms with Crippen molar-refractivity contribution in [1.29, 1.82) is 0 Å². The zero-order valence-corrected chi connectivity index (χ0v) is 11.0. The number of nitrogens with zero attached hydrogens (tertiary/aromatic N) is 2. The van der Waals surface area contributed by atoms with Crippen molar-refractivity contribution in [2.45, 2.75) is 31.4 Å². The standard InChI is InChI=1S/C12H19N3OS/c1-10-5-7-15(8-9-17-10)12(16)3-2-11-4-6-13-14-11/h4,6,10H,2-3,5,7-9H2,1H3,(H,13,14). The number of carbonyl (C=O) groups is 1. The Hall–Kier alpha value is -0.970. The van der Waals surface area contributed by atoms with E-state index >= 15 is 0 Å². The third kappa shape index (κ3) is 3.77. The molecule has 17 heavy (non-hydrogen) atoms. The first-order valence-corrected chi connectivity index (χ1v) is 7.18. The van der Waals surface area contributed by atoms with Gasteiger partial charge in [-0.15, -0.1) is 0 Å². The summed E-state index contributed by atoms with van der Waals surface area (Å²) in [5, 5.41) is 7.46. The Balaban J connectivity index is 1.79. The Bertz CT molecular complexity index is 353. The molecular formula is C12H19N3OS. The molecule has 1 fully saturated rings. The van der Waals surface area contributed by atoms with Crippen molar-refractivity contribution in [3.8, 4) is 0 Å². The molecule has 1 saturated heterocycles. The molecular weight excluding hydrogens is 234 g/mol. The zero-order valence-electron chi connectivity index (χ0n) is 10.2. The van der Waals surface area contributed by atoms with Gasteiger partial charge in [0, 0.05) is 42.4 Å². The number of aromatic nitrogens is 2. The van der Waals surface area contributed by atoms with Crippen molar-refractivity contribution < 1.29 is 4.79 Å². The van der Waals surface area contributed by atoms with Crippen molar-refractivity contribution in [3.63, 3.8) is 0 Å². The summed E-state index contributed by atoms with van der Waals surface area (Å²) in [6.07, 6.45) is 4.18. The lowest BCUT2D eigenvalue weighted by Crippen LogP contribution is -2.33. The first-order valence-electron chi connectivity index (χ1n) is 6.13. The minimum absolute atomic E-state index is 0.273. The predicted molar refractivity (Wildman–Crippen MR) is 70.0 cm³/mol. The van der Waals surface area contributed by atoms with Gasteiger partial charge in [-0.2, -0.15) is 16.9 Å². The average molecular weight is 253 g/mol. The van der Waals surface area contributed by atoms with Gasteiger partial charge in [0.2, 0.25) is 5.91 Å². The molecule has 1 aliphatic rings. The van der Waals surface area contributed by atoms with Crippen molar-refractivity contribution >= 4 is 17.7 Å². The smallest absolute Gasteiger partial charge is 0.222 e. The van der Waals surface area contributed by atoms with E-state index in [2.05, 4.69) is 17.1 Å². The Morgan fingerprint density at radius 1 is 1.65 bits per heavy atom. The van der Waals surface area contributed by atoms with Crippen molar-refractivity contribution in [2.75, 3.05) is 18.8 Å². The van der Waals surface area contributed by atoms with E-state index in [0.717, 1.165) is 37.4 Å². The van der Waals surface area contributed by atoms with E-state index in [-0.39, 0.29) is 5.91 Å². The monoisotopic (exact) mass is 253 g/mol. The first kappa shape index (κ1) is 12.5. The van der Waals surface area contributed by atoms with Crippen molar-refractivity contribution in [2.24, 2.45) is 0 Å². The maximum atomic E-state index is 12.0. The molecule has 1 unspecified atom stereocenters. The lowest BCUT2D eigenvalue weighted by molar-refractivity contribution is -0.130. The number of aromatic amines is 1. The van der Waals surface area contributed by atoms with E-state index in [1.54, 1.807) is 6.20 Å². The predicted octanol–water partition coefficient (Wildman–Crippen LogP) is 1.70. The Labute approximate surface area is 106 Å². The molecule has 0 bridgehead atoms. The molecule has 94 valence electrons. The largest absolute Gasteiger partial charge is 0.342 e. The molecule has 0 radical (unpaired) electrons. The number of rotatable bonds is 3. The first-order chi connectivity index (χ1) is 8.25. The Morgan fingerprint density at radius 3 is 3.29 bits per heavy atom. The summed E-state index contributed by atoms with van der Waals surface area (Å²) in [7, 11) is 0. The fourth-order valence-electron chi connectivity index (χ4n) is 1.97. The van der Waals surface area contributed by atoms with Crippen LogP contribution >= 0.6 is 11.8 Å². The third-order valence-electron chi connectivity index (χ3n) is 3.09. The van der Waals surface area contributed by atoms with Crippen LogP contribution in [0.3, 0.4) is 0 Å². The number of hydrogen-bond donors (Lipinski definition) is 1. The van der Waals surface area contributed by atoms with Crippen LogP contribution in [0.1, 0.15) is 25.5 Å². The molecule has 1 aliphatic heterocycles. The summed E-state index contributed by atoms with van der Waals surface area (Å²) in [6.45, 7) is 4.05. The quantitative estimate of drug-likeness (QED) is 0.892. The van der Waals surface area contributed by atoms with Crippen molar-refractivity contribution in [1.82, 2.24) is 15.1 Å². The van der Waals surface area contributed by atoms with Crippen LogP contribution < -0.4 is 0 Å². The second-order valence-corrected chi connectivity index (χ2v) is 5.98. The van der Waals surface area contributed by atoms with E-state index in [1.165, 1.54) is 0 Å². The van der Waals surface area contributed by atoms with Gasteiger partial charge in [-0.05, 0) is 18.9 Å². The van der Waals surface area contributed by atoms with Gasteiger partial charge in [0.1, 0.15) is 0 Å². The summed E-state index contributed by atoms with van der Waals surface area (Å²) in [5.74, 6) is 1.34. The minimum atomic E-state index is 0.273. The van der Waals surface area contributed by atoms with Gasteiger partial charge in [0.15, 0.2) is 0 Å². The lowest BCUT2D eigenvalue weighted by Gasteiger charge is -2.19. The molecule has 1 aromatic rings. The topological polar surface area (TPSA) is 49.0 Å². The fourth-order valence-corrected chi connectivity index (χ4v) is 2.97. The summed E-state index contributed by atoms with van der Waals surface area (Å²) in [5.41, 5.74) is 1.04. The second kappa shape index (κ2) is 6.10. The number of thioether (sulfide) groups is 1. The molecule has 0 spiro atoms. The van der Waals surface area contributed by atoms with Gasteiger partial charge in [-0.1, -0.05) is 6.92 Å². The molecule has 4 nitrogen and oxygen atoms in total. The van der Waals surface area contributed by atoms with Crippen LogP contribution in [0.25, 0.3) is 0 Å². The Morgan fingerprint density at radius 2 is 2.53 bits per heavy atom. The number of H-pyrrole nitrogens is 1. The van der Waals surface area contributed by atoms with Crippen LogP contribution in [-0.2, 0) is 11.2 Å². The van der Waals surface area contributed by atoms with Crippen LogP contribution in [0, 0.1) is 0 Å². The number of nitrogens with one attached hydrogen (secondary N) is 1. The van der Waals surface area contributed by atoms with Crippen LogP contribution in [0.4, 0.5) is 0 Å². The summed E-state index contributed by atoms with van der Waals surface area (Å²) in [4.78, 5) is 14.0. The number of amides is 1. The van der Waals surface area contributed by atoms with E-state index in [9.17, 15) is 4.79 Å². The molecule has 2 heterocycles. The normalized spacial score (nSPS) is 21.2. The van der Waals surface area contributed by atoms with Crippen LogP contribution in [0.5, 0.6) is 0 Å². The molecule has 1 atom stereocenters. The van der Waals surface area contributed by atoms with Crippen LogP contribution in [0.2, 0.25) is 0 Å². The molecule has 1 amide bonds. The molecule has 5 heteroatoms. The van der Waals surface area contributed by atoms with Crippen LogP contribution in [0.15, 0.2) is 12.3 Å². The van der Waals surface area contributed by atoms with E-state index in [1.807, 2.05) is 22.7 Å². The number of carbonyl (C=O) groups excluding carboxylic acids is 1. The average Bonchev–Trinajstić information content (AvgIpc) is 2.74. The molecule has 1 aromatic heterocycles. The maximum absolute atomic E-state index is 12.0. The highest BCUT2D eigenvalue weighted by atomic mass is 32.2. The minimum Gasteiger partial charge on any atom is -0.342 e. The molecule has 2 rings (SSSR count). The van der Waals surface area contributed by atoms with E-state index < -0.39 is 0 Å². The fraction of sp³-hybridized carbons (Fsp3) is 0.667. The summed E-state index contributed by atoms with van der Waals surface area (Å²) >= 11 is 1.97. The number of aryl methyl sites for hydroxylation is 1. The van der Waals surface area contributed by atoms with Gasteiger partial charge >= 0.3 is 0 Å². The van der Waals surface area contributed by atoms with Gasteiger partial charge in [0.05, 0.1) is 0 Å². The summed E-state index contributed by atoms with van der Waals surface area (Å²) in [6, 6.07) is 1.92. The van der Waals surface area contributed by atoms with Gasteiger partial charge < -0.3 is 4.90 Å². The van der Waals surface area contributed by atoms with Crippen molar-refractivity contribution in [3.05, 3.63) is 18.0 Å². The van der Waals surface area contributed by atoms with Gasteiger partial charge in [-0.25, -0.2) is 0 Å². The second-order valence-electron chi connectivity index (χ2n) is 4.43. The third-order valence-corrected chi connectivity index (χ3v) is 4.31. The number of hydrogen-bond acceptors (Lipinski definition) is 3. The highest BCUT2D eigenvalue weighted by Crippen LogP contribution is 2.19. The highest BCUT2D eigenvalue weighted by Gasteiger charge is 2.18. The maximum Gasteiger partial charge on any atom is 0.222 e. The van der Waals surface area contributed by atoms with E-state index in [4.69, 9.17) is 0 Å². The van der Waals surface area contributed by atoms with Gasteiger partial charge in [0.25, 0.3) is 0 Å². The molecule has 0 saturated carbocycles. The molecule has 0 aromatic carbocycles. The highest BCUT2D eigenvalue weighted by molar-refractivity contribution is 7.99. The SMILES string of the molecule is CC1CCN(C(=O)CCc2ccn[nH]2)CCS1. The summed E-state index contributed by atoms with van der Waals surface area (Å²) < 4.78 is 0. The molecule has 1 N–H and O–H groups in total. The van der Waals surface area contributed by atoms with Crippen LogP contribution in [-0.4, -0.2) is 45.1 Å².